The molecule has 1 saturated heterocycles. The van der Waals surface area contributed by atoms with Crippen molar-refractivity contribution in [3.8, 4) is 0 Å². The number of morpholine rings is 1. The third-order valence-electron chi connectivity index (χ3n) is 3.48. The van der Waals surface area contributed by atoms with Crippen molar-refractivity contribution in [2.75, 3.05) is 19.6 Å². The molecule has 1 saturated carbocycles. The minimum Gasteiger partial charge on any atom is -0.367 e. The van der Waals surface area contributed by atoms with Crippen LogP contribution in [0, 0.1) is 11.8 Å². The number of hydrogen-bond acceptors (Lipinski definition) is 3. The molecule has 1 aliphatic heterocycles. The first-order valence-corrected chi connectivity index (χ1v) is 6.09. The molecule has 0 aromatic heterocycles. The van der Waals surface area contributed by atoms with E-state index in [1.54, 1.807) is 0 Å². The van der Waals surface area contributed by atoms with Gasteiger partial charge in [0, 0.05) is 25.6 Å². The Hall–Kier alpha value is -0.610. The van der Waals surface area contributed by atoms with E-state index in [1.165, 1.54) is 0 Å². The largest absolute Gasteiger partial charge is 0.367 e. The molecule has 3 atom stereocenters. The standard InChI is InChI=1S/C12H22N2O2/c1-8-4-10(8)11(15)14-6-9(5-13)16-12(2,3)7-14/h8-10H,4-7,13H2,1-3H3. The van der Waals surface area contributed by atoms with Gasteiger partial charge >= 0.3 is 0 Å². The SMILES string of the molecule is CC1CC1C(=O)N1CC(CN)OC(C)(C)C1. The van der Waals surface area contributed by atoms with Crippen molar-refractivity contribution in [3.63, 3.8) is 0 Å². The molecular weight excluding hydrogens is 204 g/mol. The lowest BCUT2D eigenvalue weighted by atomic mass is 10.0. The van der Waals surface area contributed by atoms with Crippen LogP contribution in [0.15, 0.2) is 0 Å². The number of amides is 1. The van der Waals surface area contributed by atoms with Crippen LogP contribution in [0.2, 0.25) is 0 Å². The van der Waals surface area contributed by atoms with E-state index < -0.39 is 0 Å². The molecule has 0 radical (unpaired) electrons. The molecule has 0 spiro atoms. The van der Waals surface area contributed by atoms with Crippen LogP contribution in [0.4, 0.5) is 0 Å². The number of carbonyl (C=O) groups excluding carboxylic acids is 1. The first kappa shape index (κ1) is 11.9. The van der Waals surface area contributed by atoms with Gasteiger partial charge in [0.25, 0.3) is 0 Å². The van der Waals surface area contributed by atoms with E-state index in [0.717, 1.165) is 6.42 Å². The van der Waals surface area contributed by atoms with Crippen LogP contribution in [0.25, 0.3) is 0 Å². The summed E-state index contributed by atoms with van der Waals surface area (Å²) < 4.78 is 5.81. The molecule has 0 aromatic rings. The molecule has 3 unspecified atom stereocenters. The molecule has 4 heteroatoms. The van der Waals surface area contributed by atoms with E-state index >= 15 is 0 Å². The zero-order valence-corrected chi connectivity index (χ0v) is 10.4. The fraction of sp³-hybridized carbons (Fsp3) is 0.917. The number of carbonyl (C=O) groups is 1. The van der Waals surface area contributed by atoms with Crippen molar-refractivity contribution in [2.45, 2.75) is 38.9 Å². The Morgan fingerprint density at radius 1 is 1.56 bits per heavy atom. The quantitative estimate of drug-likeness (QED) is 0.750. The monoisotopic (exact) mass is 226 g/mol. The van der Waals surface area contributed by atoms with Gasteiger partial charge in [-0.2, -0.15) is 0 Å². The highest BCUT2D eigenvalue weighted by molar-refractivity contribution is 5.81. The zero-order valence-electron chi connectivity index (χ0n) is 10.4. The Balaban J connectivity index is 2.01. The van der Waals surface area contributed by atoms with Crippen LogP contribution < -0.4 is 5.73 Å². The first-order chi connectivity index (χ1) is 7.43. The third kappa shape index (κ3) is 2.38. The normalized spacial score (nSPS) is 37.2. The smallest absolute Gasteiger partial charge is 0.226 e. The molecule has 16 heavy (non-hydrogen) atoms. The highest BCUT2D eigenvalue weighted by Crippen LogP contribution is 2.40. The number of rotatable bonds is 2. The molecule has 2 fully saturated rings. The van der Waals surface area contributed by atoms with E-state index in [1.807, 2.05) is 18.7 Å². The van der Waals surface area contributed by atoms with Crippen molar-refractivity contribution < 1.29 is 9.53 Å². The van der Waals surface area contributed by atoms with Crippen molar-refractivity contribution in [2.24, 2.45) is 17.6 Å². The molecule has 2 N–H and O–H groups in total. The van der Waals surface area contributed by atoms with Crippen LogP contribution in [0.3, 0.4) is 0 Å². The van der Waals surface area contributed by atoms with Crippen molar-refractivity contribution in [1.29, 1.82) is 0 Å². The lowest BCUT2D eigenvalue weighted by molar-refractivity contribution is -0.160. The van der Waals surface area contributed by atoms with Crippen molar-refractivity contribution in [1.82, 2.24) is 4.90 Å². The summed E-state index contributed by atoms with van der Waals surface area (Å²) in [5.41, 5.74) is 5.38. The van der Waals surface area contributed by atoms with Crippen molar-refractivity contribution >= 4 is 5.91 Å². The molecular formula is C12H22N2O2. The Kier molecular flexibility index (Phi) is 2.97. The van der Waals surface area contributed by atoms with Gasteiger partial charge in [-0.25, -0.2) is 0 Å². The van der Waals surface area contributed by atoms with Crippen LogP contribution >= 0.6 is 0 Å². The molecule has 2 aliphatic rings. The maximum absolute atomic E-state index is 12.1. The maximum atomic E-state index is 12.1. The third-order valence-corrected chi connectivity index (χ3v) is 3.48. The molecule has 2 rings (SSSR count). The van der Waals surface area contributed by atoms with Gasteiger partial charge in [-0.1, -0.05) is 6.92 Å². The van der Waals surface area contributed by atoms with Gasteiger partial charge in [-0.05, 0) is 26.2 Å². The number of hydrogen-bond donors (Lipinski definition) is 1. The molecule has 1 aliphatic carbocycles. The number of ether oxygens (including phenoxy) is 1. The van der Waals surface area contributed by atoms with E-state index in [0.29, 0.717) is 31.5 Å². The van der Waals surface area contributed by atoms with Gasteiger partial charge in [0.1, 0.15) is 0 Å². The minimum atomic E-state index is -0.268. The lowest BCUT2D eigenvalue weighted by Crippen LogP contribution is -2.56. The van der Waals surface area contributed by atoms with Gasteiger partial charge in [0.15, 0.2) is 0 Å². The second-order valence-corrected chi connectivity index (χ2v) is 5.77. The number of nitrogens with zero attached hydrogens (tertiary/aromatic N) is 1. The van der Waals surface area contributed by atoms with E-state index in [4.69, 9.17) is 10.5 Å². The Labute approximate surface area is 97.1 Å². The van der Waals surface area contributed by atoms with Gasteiger partial charge in [0.05, 0.1) is 11.7 Å². The fourth-order valence-electron chi connectivity index (χ4n) is 2.49. The topological polar surface area (TPSA) is 55.6 Å². The zero-order chi connectivity index (χ0) is 11.9. The summed E-state index contributed by atoms with van der Waals surface area (Å²) in [6.07, 6.45) is 1.03. The van der Waals surface area contributed by atoms with Crippen LogP contribution in [0.1, 0.15) is 27.2 Å². The average molecular weight is 226 g/mol. The molecule has 92 valence electrons. The average Bonchev–Trinajstić information content (AvgIpc) is 2.92. The summed E-state index contributed by atoms with van der Waals surface area (Å²) in [7, 11) is 0. The van der Waals surface area contributed by atoms with Gasteiger partial charge in [0.2, 0.25) is 5.91 Å². The second kappa shape index (κ2) is 4.00. The summed E-state index contributed by atoms with van der Waals surface area (Å²) in [5.74, 6) is 1.12. The van der Waals surface area contributed by atoms with Gasteiger partial charge in [-0.3, -0.25) is 4.79 Å². The van der Waals surface area contributed by atoms with Crippen LogP contribution in [-0.4, -0.2) is 42.1 Å². The molecule has 0 bridgehead atoms. The fourth-order valence-corrected chi connectivity index (χ4v) is 2.49. The maximum Gasteiger partial charge on any atom is 0.226 e. The Morgan fingerprint density at radius 2 is 2.19 bits per heavy atom. The minimum absolute atomic E-state index is 0.0123. The van der Waals surface area contributed by atoms with Crippen molar-refractivity contribution in [3.05, 3.63) is 0 Å². The molecule has 1 amide bonds. The lowest BCUT2D eigenvalue weighted by Gasteiger charge is -2.42. The highest BCUT2D eigenvalue weighted by Gasteiger charge is 2.44. The second-order valence-electron chi connectivity index (χ2n) is 5.77. The summed E-state index contributed by atoms with van der Waals surface area (Å²) in [5, 5.41) is 0. The van der Waals surface area contributed by atoms with Gasteiger partial charge in [-0.15, -0.1) is 0 Å². The van der Waals surface area contributed by atoms with E-state index in [9.17, 15) is 4.79 Å². The molecule has 1 heterocycles. The summed E-state index contributed by atoms with van der Waals surface area (Å²) in [6.45, 7) is 7.99. The Bertz CT molecular complexity index is 291. The molecule has 0 aromatic carbocycles. The summed E-state index contributed by atoms with van der Waals surface area (Å²) in [4.78, 5) is 14.1. The van der Waals surface area contributed by atoms with Crippen LogP contribution in [0.5, 0.6) is 0 Å². The van der Waals surface area contributed by atoms with E-state index in [2.05, 4.69) is 6.92 Å². The Morgan fingerprint density at radius 3 is 2.69 bits per heavy atom. The van der Waals surface area contributed by atoms with Crippen LogP contribution in [-0.2, 0) is 9.53 Å². The first-order valence-electron chi connectivity index (χ1n) is 6.09. The molecule has 4 nitrogen and oxygen atoms in total. The highest BCUT2D eigenvalue weighted by atomic mass is 16.5. The van der Waals surface area contributed by atoms with E-state index in [-0.39, 0.29) is 17.6 Å². The predicted molar refractivity (Wildman–Crippen MR) is 61.9 cm³/mol. The summed E-state index contributed by atoms with van der Waals surface area (Å²) in [6, 6.07) is 0. The summed E-state index contributed by atoms with van der Waals surface area (Å²) >= 11 is 0. The van der Waals surface area contributed by atoms with Gasteiger partial charge < -0.3 is 15.4 Å². The predicted octanol–water partition coefficient (Wildman–Crippen LogP) is 0.607. The number of nitrogens with two attached hydrogens (primary N) is 1.